The average Bonchev–Trinajstić information content (AvgIpc) is 3.75. The van der Waals surface area contributed by atoms with Gasteiger partial charge >= 0.3 is 18.3 Å². The van der Waals surface area contributed by atoms with Crippen molar-refractivity contribution in [1.29, 1.82) is 5.26 Å². The molecule has 0 atom stereocenters. The number of carbonyl (C=O) groups is 1. The Hall–Kier alpha value is -3.88. The lowest BCUT2D eigenvalue weighted by Crippen LogP contribution is -2.49. The third-order valence-electron chi connectivity index (χ3n) is 6.35. The molecule has 0 amide bonds. The van der Waals surface area contributed by atoms with E-state index in [9.17, 15) is 40.0 Å². The van der Waals surface area contributed by atoms with Crippen molar-refractivity contribution >= 4 is 50.3 Å². The van der Waals surface area contributed by atoms with Crippen LogP contribution in [0.4, 0.5) is 38.0 Å². The summed E-state index contributed by atoms with van der Waals surface area (Å²) in [5.41, 5.74) is 0.632. The lowest BCUT2D eigenvalue weighted by Gasteiger charge is -2.35. The molecular weight excluding hydrogens is 630 g/mol. The van der Waals surface area contributed by atoms with Crippen LogP contribution in [0.1, 0.15) is 24.0 Å². The summed E-state index contributed by atoms with van der Waals surface area (Å²) in [6.45, 7) is 0.741. The molecule has 1 aliphatic carbocycles. The Bertz CT molecular complexity index is 1680. The first-order valence-electron chi connectivity index (χ1n) is 12.4. The molecule has 2 fully saturated rings. The number of hydrogen-bond acceptors (Lipinski definition) is 8. The van der Waals surface area contributed by atoms with Crippen molar-refractivity contribution in [3.05, 3.63) is 52.5 Å². The summed E-state index contributed by atoms with van der Waals surface area (Å²) >= 11 is 5.95. The summed E-state index contributed by atoms with van der Waals surface area (Å²) in [6.07, 6.45) is -7.67. The number of rotatable bonds is 5. The predicted molar refractivity (Wildman–Crippen MR) is 142 cm³/mol. The Labute approximate surface area is 245 Å². The molecule has 2 N–H and O–H groups in total. The highest BCUT2D eigenvalue weighted by molar-refractivity contribution is 7.89. The lowest BCUT2D eigenvalue weighted by molar-refractivity contribution is -0.192. The number of aliphatic carboxylic acids is 1. The number of alkyl halides is 6. The molecule has 1 saturated carbocycles. The topological polar surface area (TPSA) is 140 Å². The van der Waals surface area contributed by atoms with Gasteiger partial charge in [0.25, 0.3) is 0 Å². The quantitative estimate of drug-likeness (QED) is 0.370. The molecule has 2 aliphatic rings. The molecule has 0 unspecified atom stereocenters. The molecule has 0 radical (unpaired) electrons. The minimum Gasteiger partial charge on any atom is -0.475 e. The van der Waals surface area contributed by atoms with Crippen LogP contribution < -0.4 is 10.2 Å². The summed E-state index contributed by atoms with van der Waals surface area (Å²) in [4.78, 5) is 19.9. The fraction of sp³-hybridized carbons (Fsp3) is 0.360. The number of anilines is 2. The maximum Gasteiger partial charge on any atom is 0.490 e. The molecule has 0 bridgehead atoms. The second-order valence-corrected chi connectivity index (χ2v) is 11.8. The molecule has 1 saturated heterocycles. The first-order valence-corrected chi connectivity index (χ1v) is 14.2. The van der Waals surface area contributed by atoms with Crippen LogP contribution in [-0.4, -0.2) is 72.2 Å². The molecule has 3 aromatic rings. The average molecular weight is 651 g/mol. The van der Waals surface area contributed by atoms with E-state index in [0.29, 0.717) is 46.4 Å². The number of fused-ring (bicyclic) bond motifs is 1. The van der Waals surface area contributed by atoms with Gasteiger partial charge in [-0.3, -0.25) is 0 Å². The van der Waals surface area contributed by atoms with Crippen molar-refractivity contribution in [2.24, 2.45) is 0 Å². The van der Waals surface area contributed by atoms with Gasteiger partial charge < -0.3 is 15.3 Å². The highest BCUT2D eigenvalue weighted by Gasteiger charge is 2.38. The van der Waals surface area contributed by atoms with E-state index in [-0.39, 0.29) is 31.1 Å². The number of carboxylic acids is 1. The molecule has 230 valence electrons. The maximum absolute atomic E-state index is 13.1. The minimum atomic E-state index is -5.08. The highest BCUT2D eigenvalue weighted by Crippen LogP contribution is 2.35. The summed E-state index contributed by atoms with van der Waals surface area (Å²) in [6, 6.07) is 9.69. The molecule has 43 heavy (non-hydrogen) atoms. The summed E-state index contributed by atoms with van der Waals surface area (Å²) in [7, 11) is -4.10. The van der Waals surface area contributed by atoms with Crippen LogP contribution in [0.3, 0.4) is 0 Å². The maximum atomic E-state index is 13.1. The molecule has 18 heteroatoms. The van der Waals surface area contributed by atoms with Crippen LogP contribution in [-0.2, 0) is 21.0 Å². The molecule has 1 aromatic heterocycles. The van der Waals surface area contributed by atoms with Gasteiger partial charge in [0.05, 0.1) is 33.3 Å². The van der Waals surface area contributed by atoms with E-state index in [2.05, 4.69) is 11.4 Å². The number of carboxylic acid groups (broad SMARTS) is 1. The summed E-state index contributed by atoms with van der Waals surface area (Å²) in [5, 5.41) is 19.2. The van der Waals surface area contributed by atoms with Gasteiger partial charge in [-0.15, -0.1) is 0 Å². The zero-order valence-corrected chi connectivity index (χ0v) is 23.3. The van der Waals surface area contributed by atoms with Crippen molar-refractivity contribution in [3.8, 4) is 6.07 Å². The van der Waals surface area contributed by atoms with Crippen molar-refractivity contribution in [2.75, 3.05) is 36.4 Å². The van der Waals surface area contributed by atoms with E-state index in [0.717, 1.165) is 18.9 Å². The van der Waals surface area contributed by atoms with Crippen LogP contribution in [0, 0.1) is 11.3 Å². The van der Waals surface area contributed by atoms with E-state index in [4.69, 9.17) is 31.5 Å². The van der Waals surface area contributed by atoms with Gasteiger partial charge in [-0.05, 0) is 49.2 Å². The number of nitrogens with one attached hydrogen (secondary N) is 1. The molecule has 10 nitrogen and oxygen atoms in total. The normalized spacial score (nSPS) is 16.3. The number of hydrogen-bond donors (Lipinski definition) is 2. The molecule has 0 spiro atoms. The van der Waals surface area contributed by atoms with E-state index >= 15 is 0 Å². The number of sulfonamides is 1. The van der Waals surface area contributed by atoms with Crippen LogP contribution in [0.25, 0.3) is 11.0 Å². The van der Waals surface area contributed by atoms with Gasteiger partial charge in [0, 0.05) is 32.2 Å². The number of nitriles is 1. The van der Waals surface area contributed by atoms with Crippen molar-refractivity contribution in [3.63, 3.8) is 0 Å². The van der Waals surface area contributed by atoms with E-state index < -0.39 is 38.9 Å². The summed E-state index contributed by atoms with van der Waals surface area (Å²) in [5.74, 6) is -1.60. The molecule has 1 aliphatic heterocycles. The van der Waals surface area contributed by atoms with Gasteiger partial charge in [-0.1, -0.05) is 11.6 Å². The van der Waals surface area contributed by atoms with Gasteiger partial charge in [0.1, 0.15) is 4.90 Å². The fourth-order valence-electron chi connectivity index (χ4n) is 4.02. The van der Waals surface area contributed by atoms with Crippen LogP contribution >= 0.6 is 11.6 Å². The Morgan fingerprint density at radius 3 is 2.14 bits per heavy atom. The van der Waals surface area contributed by atoms with Gasteiger partial charge in [0.2, 0.25) is 10.0 Å². The highest BCUT2D eigenvalue weighted by atomic mass is 35.5. The summed E-state index contributed by atoms with van der Waals surface area (Å²) < 4.78 is 98.1. The fourth-order valence-corrected chi connectivity index (χ4v) is 5.96. The van der Waals surface area contributed by atoms with Gasteiger partial charge in [-0.2, -0.15) is 35.9 Å². The molecule has 2 heterocycles. The zero-order valence-electron chi connectivity index (χ0n) is 21.7. The largest absolute Gasteiger partial charge is 0.490 e. The Balaban J connectivity index is 0.000000541. The van der Waals surface area contributed by atoms with Crippen LogP contribution in [0.15, 0.2) is 41.3 Å². The first-order chi connectivity index (χ1) is 20.0. The second kappa shape index (κ2) is 12.0. The van der Waals surface area contributed by atoms with Crippen LogP contribution in [0.2, 0.25) is 5.02 Å². The smallest absolute Gasteiger partial charge is 0.475 e. The number of benzene rings is 2. The standard InChI is InChI=1S/C23H20ClF3N6O2S.C2HF3O2/c24-17-12-15(23(25,26)27)2-6-20(17)36(34,35)33-9-7-32(8-10-33)22-21(29-16-3-4-16)30-18-5-1-14(13-28)11-19(18)31-22;3-2(4,5)1(6)7/h1-2,5-6,11-12,16H,3-4,7-10H2,(H,29,30);(H,6,7). The number of piperazine rings is 1. The van der Waals surface area contributed by atoms with E-state index in [1.807, 2.05) is 4.90 Å². The SMILES string of the molecule is N#Cc1ccc2nc(NC3CC3)c(N3CCN(S(=O)(=O)c4ccc(C(F)(F)F)cc4Cl)CC3)nc2c1.O=C(O)C(F)(F)F. The van der Waals surface area contributed by atoms with Crippen molar-refractivity contribution in [1.82, 2.24) is 14.3 Å². The van der Waals surface area contributed by atoms with E-state index in [1.54, 1.807) is 18.2 Å². The third kappa shape index (κ3) is 7.56. The minimum absolute atomic E-state index is 0.0838. The molecule has 2 aromatic carbocycles. The number of halogens is 7. The predicted octanol–water partition coefficient (Wildman–Crippen LogP) is 4.89. The van der Waals surface area contributed by atoms with Gasteiger partial charge in [0.15, 0.2) is 11.6 Å². The Morgan fingerprint density at radius 1 is 1.00 bits per heavy atom. The second-order valence-electron chi connectivity index (χ2n) is 9.47. The number of aromatic nitrogens is 2. The lowest BCUT2D eigenvalue weighted by atomic mass is 10.2. The van der Waals surface area contributed by atoms with Crippen molar-refractivity contribution in [2.45, 2.75) is 36.1 Å². The zero-order chi connectivity index (χ0) is 31.7. The molecule has 5 rings (SSSR count). The van der Waals surface area contributed by atoms with Crippen LogP contribution in [0.5, 0.6) is 0 Å². The Kier molecular flexibility index (Phi) is 8.95. The Morgan fingerprint density at radius 2 is 1.63 bits per heavy atom. The van der Waals surface area contributed by atoms with E-state index in [1.165, 1.54) is 4.31 Å². The monoisotopic (exact) mass is 650 g/mol. The van der Waals surface area contributed by atoms with Crippen molar-refractivity contribution < 1.29 is 44.7 Å². The third-order valence-corrected chi connectivity index (χ3v) is 8.73. The molecular formula is C25H21ClF6N6O4S. The first kappa shape index (κ1) is 32.0. The number of nitrogens with zero attached hydrogens (tertiary/aromatic N) is 5. The van der Waals surface area contributed by atoms with Gasteiger partial charge in [-0.25, -0.2) is 23.2 Å².